The minimum Gasteiger partial charge on any atom is -0.459 e. The number of furan rings is 1. The number of nitrogens with zero attached hydrogens (tertiary/aromatic N) is 2. The Kier molecular flexibility index (Phi) is 7.75. The molecule has 4 atom stereocenters. The molecule has 4 heterocycles. The van der Waals surface area contributed by atoms with Gasteiger partial charge in [0.05, 0.1) is 29.3 Å². The maximum Gasteiger partial charge on any atom is 0.455 e. The first kappa shape index (κ1) is 27.4. The number of pyridine rings is 1. The Bertz CT molecular complexity index is 1480. The van der Waals surface area contributed by atoms with Crippen LogP contribution in [0.4, 0.5) is 5.69 Å². The Morgan fingerprint density at radius 3 is 2.59 bits per heavy atom. The van der Waals surface area contributed by atoms with Crippen LogP contribution in [-0.2, 0) is 20.9 Å². The Morgan fingerprint density at radius 2 is 1.88 bits per heavy atom. The van der Waals surface area contributed by atoms with E-state index < -0.39 is 25.1 Å². The van der Waals surface area contributed by atoms with Crippen LogP contribution in [0.15, 0.2) is 82.4 Å². The van der Waals surface area contributed by atoms with Crippen molar-refractivity contribution >= 4 is 36.3 Å². The molecule has 1 aliphatic carbocycles. The molecule has 3 aromatic rings. The number of rotatable bonds is 8. The van der Waals surface area contributed by atoms with E-state index in [2.05, 4.69) is 11.9 Å². The molecule has 2 aliphatic heterocycles. The first-order valence-corrected chi connectivity index (χ1v) is 14.3. The Morgan fingerprint density at radius 1 is 1.07 bits per heavy atom. The van der Waals surface area contributed by atoms with Gasteiger partial charge in [-0.15, -0.1) is 0 Å². The number of aromatic nitrogens is 1. The monoisotopic (exact) mass is 552 g/mol. The lowest BCUT2D eigenvalue weighted by atomic mass is 9.58. The standard InChI is InChI=1S/C32H33BN2O6/c1-2-20-17-25-30(32(38)35(31(25)37)22-8-4-3-5-9-22)26-18-33(39)41-28(29(20)26)14-11-21(27-10-6-7-15-34-27)16-23-12-13-24(19-36)40-23/h3-10,12-13,15-16,25-26,28,30,36,39H,2,11,14,17-19H2,1H3/b21-16-/t25-,26+,28-,30-/m1/s1. The fourth-order valence-electron chi connectivity index (χ4n) is 6.78. The number of amides is 2. The van der Waals surface area contributed by atoms with Gasteiger partial charge in [-0.25, -0.2) is 0 Å². The van der Waals surface area contributed by atoms with Crippen molar-refractivity contribution in [3.05, 3.63) is 95.2 Å². The molecular weight excluding hydrogens is 519 g/mol. The van der Waals surface area contributed by atoms with Crippen LogP contribution in [0, 0.1) is 17.8 Å². The minimum absolute atomic E-state index is 0.158. The van der Waals surface area contributed by atoms with E-state index in [-0.39, 0.29) is 30.7 Å². The van der Waals surface area contributed by atoms with Crippen molar-refractivity contribution in [3.8, 4) is 0 Å². The molecule has 0 unspecified atom stereocenters. The predicted molar refractivity (Wildman–Crippen MR) is 155 cm³/mol. The predicted octanol–water partition coefficient (Wildman–Crippen LogP) is 4.90. The Labute approximate surface area is 239 Å². The molecule has 41 heavy (non-hydrogen) atoms. The SMILES string of the molecule is CCC1=C2[C@@H](CC/C(=C/c3ccc(CO)o3)c3ccccn3)OB(O)C[C@@H]2[C@@H]2C(=O)N(c3ccccc3)C(=O)[C@@H]2C1. The van der Waals surface area contributed by atoms with Crippen LogP contribution in [0.5, 0.6) is 0 Å². The number of hydrogen-bond donors (Lipinski definition) is 2. The highest BCUT2D eigenvalue weighted by atomic mass is 16.5. The van der Waals surface area contributed by atoms with Crippen LogP contribution in [-0.4, -0.2) is 40.2 Å². The number of hydrogen-bond acceptors (Lipinski definition) is 7. The smallest absolute Gasteiger partial charge is 0.455 e. The number of aliphatic hydroxyl groups excluding tert-OH is 1. The van der Waals surface area contributed by atoms with Crippen LogP contribution >= 0.6 is 0 Å². The van der Waals surface area contributed by atoms with Gasteiger partial charge in [0.15, 0.2) is 0 Å². The minimum atomic E-state index is -1.03. The molecule has 8 nitrogen and oxygen atoms in total. The third-order valence-electron chi connectivity index (χ3n) is 8.57. The molecule has 0 saturated carbocycles. The van der Waals surface area contributed by atoms with E-state index in [4.69, 9.17) is 9.07 Å². The van der Waals surface area contributed by atoms with Gasteiger partial charge in [-0.3, -0.25) is 19.5 Å². The van der Waals surface area contributed by atoms with Gasteiger partial charge in [-0.2, -0.15) is 0 Å². The van der Waals surface area contributed by atoms with E-state index in [1.807, 2.05) is 48.5 Å². The molecule has 2 aromatic heterocycles. The molecule has 2 saturated heterocycles. The summed E-state index contributed by atoms with van der Waals surface area (Å²) in [5.41, 5.74) is 4.53. The van der Waals surface area contributed by atoms with Gasteiger partial charge in [-0.05, 0) is 91.5 Å². The van der Waals surface area contributed by atoms with E-state index in [9.17, 15) is 19.7 Å². The molecule has 6 rings (SSSR count). The molecule has 1 aromatic carbocycles. The summed E-state index contributed by atoms with van der Waals surface area (Å²) in [6.45, 7) is 1.90. The highest BCUT2D eigenvalue weighted by molar-refractivity contribution is 6.43. The van der Waals surface area contributed by atoms with Crippen molar-refractivity contribution in [3.63, 3.8) is 0 Å². The van der Waals surface area contributed by atoms with Crippen molar-refractivity contribution in [1.82, 2.24) is 4.98 Å². The molecule has 2 N–H and O–H groups in total. The van der Waals surface area contributed by atoms with Gasteiger partial charge >= 0.3 is 7.12 Å². The topological polar surface area (TPSA) is 113 Å². The second-order valence-electron chi connectivity index (χ2n) is 10.9. The Hall–Kier alpha value is -3.79. The Balaban J connectivity index is 1.30. The third-order valence-corrected chi connectivity index (χ3v) is 8.57. The van der Waals surface area contributed by atoms with E-state index in [0.29, 0.717) is 36.5 Å². The number of imide groups is 1. The molecule has 210 valence electrons. The van der Waals surface area contributed by atoms with E-state index in [0.717, 1.165) is 28.8 Å². The number of allylic oxidation sites excluding steroid dienone is 2. The summed E-state index contributed by atoms with van der Waals surface area (Å²) < 4.78 is 11.9. The quantitative estimate of drug-likeness (QED) is 0.232. The lowest BCUT2D eigenvalue weighted by Crippen LogP contribution is -2.46. The molecule has 9 heteroatoms. The van der Waals surface area contributed by atoms with Crippen molar-refractivity contribution in [2.75, 3.05) is 4.90 Å². The summed E-state index contributed by atoms with van der Waals surface area (Å²) in [5, 5.41) is 20.3. The van der Waals surface area contributed by atoms with E-state index >= 15 is 0 Å². The van der Waals surface area contributed by atoms with Crippen molar-refractivity contribution in [2.24, 2.45) is 17.8 Å². The summed E-state index contributed by atoms with van der Waals surface area (Å²) >= 11 is 0. The zero-order chi connectivity index (χ0) is 28.5. The zero-order valence-electron chi connectivity index (χ0n) is 23.0. The lowest BCUT2D eigenvalue weighted by molar-refractivity contribution is -0.122. The first-order valence-electron chi connectivity index (χ1n) is 14.3. The second kappa shape index (κ2) is 11.6. The van der Waals surface area contributed by atoms with Crippen LogP contribution in [0.2, 0.25) is 6.32 Å². The number of para-hydroxylation sites is 1. The van der Waals surface area contributed by atoms with Crippen LogP contribution in [0.1, 0.15) is 49.8 Å². The van der Waals surface area contributed by atoms with Gasteiger partial charge in [0.2, 0.25) is 11.8 Å². The molecule has 0 radical (unpaired) electrons. The number of carbonyl (C=O) groups excluding carboxylic acids is 2. The molecule has 0 spiro atoms. The number of fused-ring (bicyclic) bond motifs is 3. The number of anilines is 1. The van der Waals surface area contributed by atoms with Crippen LogP contribution in [0.25, 0.3) is 11.6 Å². The summed E-state index contributed by atoms with van der Waals surface area (Å²) in [4.78, 5) is 33.3. The summed E-state index contributed by atoms with van der Waals surface area (Å²) in [6, 6.07) is 18.4. The fraction of sp³-hybridized carbons (Fsp3) is 0.344. The van der Waals surface area contributed by atoms with Gasteiger partial charge in [-0.1, -0.05) is 36.8 Å². The summed E-state index contributed by atoms with van der Waals surface area (Å²) in [7, 11) is -1.03. The van der Waals surface area contributed by atoms with Crippen LogP contribution < -0.4 is 4.90 Å². The van der Waals surface area contributed by atoms with Gasteiger partial charge in [0, 0.05) is 6.20 Å². The summed E-state index contributed by atoms with van der Waals surface area (Å²) in [5.74, 6) is -0.462. The number of benzene rings is 1. The van der Waals surface area contributed by atoms with Crippen LogP contribution in [0.3, 0.4) is 0 Å². The van der Waals surface area contributed by atoms with Crippen molar-refractivity contribution in [2.45, 2.75) is 51.6 Å². The number of aliphatic hydroxyl groups is 1. The largest absolute Gasteiger partial charge is 0.459 e. The molecule has 2 fully saturated rings. The summed E-state index contributed by atoms with van der Waals surface area (Å²) in [6.07, 6.45) is 5.95. The second-order valence-corrected chi connectivity index (χ2v) is 10.9. The van der Waals surface area contributed by atoms with E-state index in [1.54, 1.807) is 24.4 Å². The normalized spacial score (nSPS) is 24.6. The van der Waals surface area contributed by atoms with Crippen molar-refractivity contribution < 1.29 is 28.8 Å². The lowest BCUT2D eigenvalue weighted by Gasteiger charge is -2.43. The molecular formula is C32H33BN2O6. The highest BCUT2D eigenvalue weighted by Crippen LogP contribution is 2.52. The number of carbonyl (C=O) groups is 2. The third kappa shape index (κ3) is 5.21. The fourth-order valence-corrected chi connectivity index (χ4v) is 6.78. The molecule has 3 aliphatic rings. The van der Waals surface area contributed by atoms with Gasteiger partial charge in [0.1, 0.15) is 18.1 Å². The van der Waals surface area contributed by atoms with Gasteiger partial charge in [0.25, 0.3) is 0 Å². The van der Waals surface area contributed by atoms with Gasteiger partial charge < -0.3 is 19.2 Å². The zero-order valence-corrected chi connectivity index (χ0v) is 23.0. The maximum atomic E-state index is 13.8. The maximum absolute atomic E-state index is 13.8. The van der Waals surface area contributed by atoms with Crippen molar-refractivity contribution in [1.29, 1.82) is 0 Å². The van der Waals surface area contributed by atoms with E-state index in [1.165, 1.54) is 4.90 Å². The average Bonchev–Trinajstić information content (AvgIpc) is 3.56. The molecule has 0 bridgehead atoms. The molecule has 2 amide bonds. The highest BCUT2D eigenvalue weighted by Gasteiger charge is 2.57. The first-order chi connectivity index (χ1) is 20.0. The average molecular weight is 552 g/mol.